The number of nitrogens with zero attached hydrogens (tertiary/aromatic N) is 1. The SMILES string of the molecule is CC1(C)c2ccccc2-c2ccc(N(c3ccccc3)c3ccc4c(c3)C=CCC4)cc21. The summed E-state index contributed by atoms with van der Waals surface area (Å²) in [6.07, 6.45) is 6.82. The number of allylic oxidation sites excluding steroid dienone is 1. The van der Waals surface area contributed by atoms with Crippen LogP contribution in [0.4, 0.5) is 17.1 Å². The van der Waals surface area contributed by atoms with Crippen LogP contribution in [-0.4, -0.2) is 0 Å². The largest absolute Gasteiger partial charge is 0.310 e. The van der Waals surface area contributed by atoms with Crippen molar-refractivity contribution in [1.82, 2.24) is 0 Å². The summed E-state index contributed by atoms with van der Waals surface area (Å²) in [5.74, 6) is 0. The van der Waals surface area contributed by atoms with Gasteiger partial charge in [0, 0.05) is 22.5 Å². The van der Waals surface area contributed by atoms with Crippen LogP contribution >= 0.6 is 0 Å². The molecule has 0 N–H and O–H groups in total. The molecule has 0 spiro atoms. The summed E-state index contributed by atoms with van der Waals surface area (Å²) in [4.78, 5) is 2.39. The van der Waals surface area contributed by atoms with Gasteiger partial charge in [-0.05, 0) is 82.6 Å². The van der Waals surface area contributed by atoms with Crippen LogP contribution in [0, 0.1) is 0 Å². The lowest BCUT2D eigenvalue weighted by molar-refractivity contribution is 0.660. The second kappa shape index (κ2) is 7.24. The number of para-hydroxylation sites is 1. The van der Waals surface area contributed by atoms with Crippen LogP contribution < -0.4 is 4.90 Å². The van der Waals surface area contributed by atoms with Gasteiger partial charge in [-0.2, -0.15) is 0 Å². The highest BCUT2D eigenvalue weighted by atomic mass is 15.1. The minimum Gasteiger partial charge on any atom is -0.310 e. The van der Waals surface area contributed by atoms with Crippen molar-refractivity contribution in [2.75, 3.05) is 4.90 Å². The molecule has 0 unspecified atom stereocenters. The summed E-state index contributed by atoms with van der Waals surface area (Å²) in [6, 6.07) is 33.5. The number of rotatable bonds is 3. The van der Waals surface area contributed by atoms with Gasteiger partial charge in [-0.3, -0.25) is 0 Å². The third-order valence-electron chi connectivity index (χ3n) is 7.11. The lowest BCUT2D eigenvalue weighted by Gasteiger charge is -2.29. The number of hydrogen-bond donors (Lipinski definition) is 0. The van der Waals surface area contributed by atoms with E-state index in [2.05, 4.69) is 122 Å². The quantitative estimate of drug-likeness (QED) is 0.326. The minimum absolute atomic E-state index is 0.0110. The highest BCUT2D eigenvalue weighted by Gasteiger charge is 2.35. The minimum atomic E-state index is -0.0110. The zero-order valence-electron chi connectivity index (χ0n) is 18.7. The molecule has 0 aliphatic heterocycles. The molecule has 6 rings (SSSR count). The number of aryl methyl sites for hydroxylation is 1. The monoisotopic (exact) mass is 413 g/mol. The fourth-order valence-corrected chi connectivity index (χ4v) is 5.41. The molecule has 4 aromatic rings. The van der Waals surface area contributed by atoms with Crippen LogP contribution in [0.2, 0.25) is 0 Å². The van der Waals surface area contributed by atoms with Crippen molar-refractivity contribution in [1.29, 1.82) is 0 Å². The van der Waals surface area contributed by atoms with Crippen LogP contribution in [0.15, 0.2) is 97.1 Å². The van der Waals surface area contributed by atoms with Crippen molar-refractivity contribution in [2.24, 2.45) is 0 Å². The predicted molar refractivity (Wildman–Crippen MR) is 136 cm³/mol. The smallest absolute Gasteiger partial charge is 0.0467 e. The van der Waals surface area contributed by atoms with E-state index in [1.54, 1.807) is 0 Å². The van der Waals surface area contributed by atoms with Gasteiger partial charge in [-0.25, -0.2) is 0 Å². The second-order valence-electron chi connectivity index (χ2n) is 9.40. The van der Waals surface area contributed by atoms with Gasteiger partial charge in [0.25, 0.3) is 0 Å². The first-order valence-corrected chi connectivity index (χ1v) is 11.5. The van der Waals surface area contributed by atoms with Gasteiger partial charge in [0.2, 0.25) is 0 Å². The fraction of sp³-hybridized carbons (Fsp3) is 0.161. The third kappa shape index (κ3) is 2.92. The Kier molecular flexibility index (Phi) is 4.33. The third-order valence-corrected chi connectivity index (χ3v) is 7.11. The van der Waals surface area contributed by atoms with E-state index < -0.39 is 0 Å². The molecule has 0 fully saturated rings. The lowest BCUT2D eigenvalue weighted by atomic mass is 9.82. The van der Waals surface area contributed by atoms with Crippen LogP contribution in [0.5, 0.6) is 0 Å². The number of hydrogen-bond acceptors (Lipinski definition) is 1. The second-order valence-corrected chi connectivity index (χ2v) is 9.40. The Balaban J connectivity index is 1.53. The summed E-state index contributed by atoms with van der Waals surface area (Å²) >= 11 is 0. The first-order valence-electron chi connectivity index (χ1n) is 11.5. The first-order chi connectivity index (χ1) is 15.6. The lowest BCUT2D eigenvalue weighted by Crippen LogP contribution is -2.16. The van der Waals surface area contributed by atoms with E-state index in [-0.39, 0.29) is 5.41 Å². The van der Waals surface area contributed by atoms with E-state index in [1.807, 2.05) is 0 Å². The maximum Gasteiger partial charge on any atom is 0.0467 e. The molecular weight excluding hydrogens is 386 g/mol. The molecule has 2 aliphatic rings. The van der Waals surface area contributed by atoms with Crippen LogP contribution in [0.25, 0.3) is 17.2 Å². The van der Waals surface area contributed by atoms with E-state index in [9.17, 15) is 0 Å². The maximum absolute atomic E-state index is 2.40. The molecule has 0 saturated carbocycles. The van der Waals surface area contributed by atoms with Crippen molar-refractivity contribution in [3.8, 4) is 11.1 Å². The molecule has 1 heteroatoms. The van der Waals surface area contributed by atoms with Crippen molar-refractivity contribution in [3.05, 3.63) is 119 Å². The average Bonchev–Trinajstić information content (AvgIpc) is 3.07. The molecule has 32 heavy (non-hydrogen) atoms. The zero-order valence-corrected chi connectivity index (χ0v) is 18.7. The van der Waals surface area contributed by atoms with Crippen molar-refractivity contribution >= 4 is 23.1 Å². The van der Waals surface area contributed by atoms with Crippen LogP contribution in [0.1, 0.15) is 42.5 Å². The highest BCUT2D eigenvalue weighted by Crippen LogP contribution is 2.50. The van der Waals surface area contributed by atoms with Crippen molar-refractivity contribution in [2.45, 2.75) is 32.1 Å². The molecule has 4 aromatic carbocycles. The number of benzene rings is 4. The normalized spacial score (nSPS) is 15.1. The summed E-state index contributed by atoms with van der Waals surface area (Å²) < 4.78 is 0. The van der Waals surface area contributed by atoms with Gasteiger partial charge in [0.1, 0.15) is 0 Å². The molecule has 0 bridgehead atoms. The van der Waals surface area contributed by atoms with Gasteiger partial charge in [0.15, 0.2) is 0 Å². The summed E-state index contributed by atoms with van der Waals surface area (Å²) in [5, 5.41) is 0. The highest BCUT2D eigenvalue weighted by molar-refractivity contribution is 5.86. The molecule has 0 radical (unpaired) electrons. The van der Waals surface area contributed by atoms with Gasteiger partial charge in [-0.15, -0.1) is 0 Å². The van der Waals surface area contributed by atoms with E-state index in [0.717, 1.165) is 12.8 Å². The Labute approximate surface area is 190 Å². The predicted octanol–water partition coefficient (Wildman–Crippen LogP) is 8.42. The molecule has 0 aromatic heterocycles. The number of anilines is 3. The van der Waals surface area contributed by atoms with Crippen molar-refractivity contribution in [3.63, 3.8) is 0 Å². The molecule has 2 aliphatic carbocycles. The van der Waals surface area contributed by atoms with E-state index >= 15 is 0 Å². The zero-order chi connectivity index (χ0) is 21.7. The Morgan fingerprint density at radius 3 is 2.25 bits per heavy atom. The maximum atomic E-state index is 2.40. The Morgan fingerprint density at radius 1 is 0.656 bits per heavy atom. The van der Waals surface area contributed by atoms with Crippen LogP contribution in [0.3, 0.4) is 0 Å². The Hall–Kier alpha value is -3.58. The van der Waals surface area contributed by atoms with Gasteiger partial charge in [0.05, 0.1) is 0 Å². The van der Waals surface area contributed by atoms with Gasteiger partial charge < -0.3 is 4.90 Å². The average molecular weight is 414 g/mol. The summed E-state index contributed by atoms with van der Waals surface area (Å²) in [6.45, 7) is 4.69. The Bertz CT molecular complexity index is 1340. The van der Waals surface area contributed by atoms with E-state index in [0.29, 0.717) is 0 Å². The fourth-order valence-electron chi connectivity index (χ4n) is 5.41. The molecular formula is C31H27N. The Morgan fingerprint density at radius 2 is 1.38 bits per heavy atom. The van der Waals surface area contributed by atoms with E-state index in [1.165, 1.54) is 50.4 Å². The molecule has 0 amide bonds. The van der Waals surface area contributed by atoms with Gasteiger partial charge in [-0.1, -0.05) is 80.6 Å². The number of fused-ring (bicyclic) bond motifs is 4. The van der Waals surface area contributed by atoms with Crippen molar-refractivity contribution < 1.29 is 0 Å². The molecule has 0 heterocycles. The summed E-state index contributed by atoms with van der Waals surface area (Å²) in [7, 11) is 0. The molecule has 1 nitrogen and oxygen atoms in total. The van der Waals surface area contributed by atoms with Crippen LogP contribution in [-0.2, 0) is 11.8 Å². The van der Waals surface area contributed by atoms with E-state index in [4.69, 9.17) is 0 Å². The first kappa shape index (κ1) is 19.1. The van der Waals surface area contributed by atoms with Gasteiger partial charge >= 0.3 is 0 Å². The standard InChI is InChI=1S/C31H27N/c1-31(2)29-15-9-8-14-27(29)28-19-18-26(21-30(28)31)32(24-12-4-3-5-13-24)25-17-16-22-10-6-7-11-23(22)20-25/h3-5,7-9,11-21H,6,10H2,1-2H3. The molecule has 0 atom stereocenters. The topological polar surface area (TPSA) is 3.24 Å². The molecule has 156 valence electrons. The summed E-state index contributed by atoms with van der Waals surface area (Å²) in [5.41, 5.74) is 11.9. The molecule has 0 saturated heterocycles.